The zero-order valence-corrected chi connectivity index (χ0v) is 31.1. The average molecular weight is 702 g/mol. The van der Waals surface area contributed by atoms with Crippen LogP contribution in [0.2, 0.25) is 0 Å². The Kier molecular flexibility index (Phi) is 15.0. The smallest absolute Gasteiger partial charge is 0.221 e. The monoisotopic (exact) mass is 701 g/mol. The van der Waals surface area contributed by atoms with E-state index in [-0.39, 0.29) is 12.5 Å². The molecule has 1 aliphatic carbocycles. The van der Waals surface area contributed by atoms with E-state index in [1.165, 1.54) is 11.3 Å². The summed E-state index contributed by atoms with van der Waals surface area (Å²) in [7, 11) is 4.02. The molecule has 3 aromatic rings. The van der Waals surface area contributed by atoms with Gasteiger partial charge in [0.05, 0.1) is 5.71 Å². The van der Waals surface area contributed by atoms with Crippen molar-refractivity contribution in [3.8, 4) is 5.75 Å². The molecule has 1 unspecified atom stereocenters. The highest BCUT2D eigenvalue weighted by Crippen LogP contribution is 2.29. The van der Waals surface area contributed by atoms with E-state index in [0.717, 1.165) is 84.4 Å². The fraction of sp³-hybridized carbons (Fsp3) is 0.364. The number of hydrogen-bond donors (Lipinski definition) is 3. The molecule has 1 atom stereocenters. The van der Waals surface area contributed by atoms with E-state index < -0.39 is 6.10 Å². The molecule has 8 heteroatoms. The lowest BCUT2D eigenvalue weighted by atomic mass is 9.96. The van der Waals surface area contributed by atoms with Crippen LogP contribution in [0.1, 0.15) is 37.3 Å². The highest BCUT2D eigenvalue weighted by Gasteiger charge is 2.18. The molecule has 0 radical (unpaired) electrons. The van der Waals surface area contributed by atoms with Crippen molar-refractivity contribution >= 4 is 34.2 Å². The van der Waals surface area contributed by atoms with Crippen molar-refractivity contribution in [2.45, 2.75) is 38.7 Å². The molecule has 0 saturated carbocycles. The molecule has 0 bridgehead atoms. The van der Waals surface area contributed by atoms with Gasteiger partial charge in [-0.25, -0.2) is 0 Å². The van der Waals surface area contributed by atoms with E-state index in [2.05, 4.69) is 93.3 Å². The van der Waals surface area contributed by atoms with Crippen molar-refractivity contribution in [3.63, 3.8) is 0 Å². The first-order valence-electron chi connectivity index (χ1n) is 18.6. The standard InChI is InChI=1S/C44H55N5O3/c1-4-12-35(22-20-34-21-23-42-37(31-34)15-10-28-49(42)29-24-44(51)47-27-30-48(2)3)39-16-7-8-18-41(39)46-26-11-25-45-32-38(50)33-52-43-19-9-14-36-13-5-6-17-40(36)43/h4-9,12-14,16-23,31,38,45,50H,10-11,15,24-30,32-33H2,1-3H3,(H,47,51)/b12-4-,22-20?,39-35+,46-41?. The SMILES string of the molecule is C/C=C\C(C=Cc1ccc2c(c1)CCCN2CCC(=O)NCCN(C)C)=C1\C=CC=CC1=NCCCNCC(O)COc1cccc2ccccc12. The number of nitrogens with zero attached hydrogens (tertiary/aromatic N) is 3. The van der Waals surface area contributed by atoms with Crippen LogP contribution >= 0.6 is 0 Å². The van der Waals surface area contributed by atoms with Crippen LogP contribution in [-0.2, 0) is 11.2 Å². The lowest BCUT2D eigenvalue weighted by molar-refractivity contribution is -0.120. The lowest BCUT2D eigenvalue weighted by Gasteiger charge is -2.31. The first kappa shape index (κ1) is 38.5. The normalized spacial score (nSPS) is 16.7. The van der Waals surface area contributed by atoms with Gasteiger partial charge < -0.3 is 30.3 Å². The number of carbonyl (C=O) groups is 1. The number of likely N-dealkylation sites (N-methyl/N-ethyl adjacent to an activating group) is 1. The number of rotatable bonds is 18. The van der Waals surface area contributed by atoms with Gasteiger partial charge in [0.1, 0.15) is 18.5 Å². The molecule has 52 heavy (non-hydrogen) atoms. The predicted molar refractivity (Wildman–Crippen MR) is 218 cm³/mol. The molecule has 8 nitrogen and oxygen atoms in total. The number of nitrogens with one attached hydrogen (secondary N) is 2. The Morgan fingerprint density at radius 2 is 1.90 bits per heavy atom. The van der Waals surface area contributed by atoms with E-state index in [0.29, 0.717) is 26.1 Å². The topological polar surface area (TPSA) is 89.4 Å². The number of hydrogen-bond acceptors (Lipinski definition) is 7. The van der Waals surface area contributed by atoms with Gasteiger partial charge in [0, 0.05) is 62.3 Å². The third-order valence-electron chi connectivity index (χ3n) is 9.18. The summed E-state index contributed by atoms with van der Waals surface area (Å²) >= 11 is 0. The summed E-state index contributed by atoms with van der Waals surface area (Å²) in [5, 5.41) is 19.1. The number of fused-ring (bicyclic) bond motifs is 2. The van der Waals surface area contributed by atoms with Crippen molar-refractivity contribution < 1.29 is 14.6 Å². The number of ether oxygens (including phenoxy) is 1. The van der Waals surface area contributed by atoms with E-state index in [1.807, 2.05) is 57.4 Å². The van der Waals surface area contributed by atoms with Gasteiger partial charge in [-0.15, -0.1) is 0 Å². The van der Waals surface area contributed by atoms with Crippen LogP contribution in [0.5, 0.6) is 5.75 Å². The average Bonchev–Trinajstić information content (AvgIpc) is 3.16. The van der Waals surface area contributed by atoms with Crippen LogP contribution in [0.4, 0.5) is 5.69 Å². The molecule has 3 aromatic carbocycles. The van der Waals surface area contributed by atoms with Crippen LogP contribution in [0, 0.1) is 0 Å². The summed E-state index contributed by atoms with van der Waals surface area (Å²) in [4.78, 5) is 21.8. The van der Waals surface area contributed by atoms with Gasteiger partial charge in [0.2, 0.25) is 5.91 Å². The summed E-state index contributed by atoms with van der Waals surface area (Å²) in [6, 6.07) is 20.8. The maximum absolute atomic E-state index is 12.4. The number of benzene rings is 3. The molecule has 1 amide bonds. The van der Waals surface area contributed by atoms with E-state index in [4.69, 9.17) is 9.73 Å². The van der Waals surface area contributed by atoms with Gasteiger partial charge in [0.15, 0.2) is 0 Å². The highest BCUT2D eigenvalue weighted by atomic mass is 16.5. The highest BCUT2D eigenvalue weighted by molar-refractivity contribution is 6.12. The van der Waals surface area contributed by atoms with E-state index in [9.17, 15) is 9.90 Å². The van der Waals surface area contributed by atoms with Crippen LogP contribution in [0.25, 0.3) is 16.8 Å². The molecule has 0 spiro atoms. The number of aliphatic hydroxyl groups excluding tert-OH is 1. The van der Waals surface area contributed by atoms with Gasteiger partial charge in [-0.1, -0.05) is 85.0 Å². The molecule has 5 rings (SSSR count). The molecule has 274 valence electrons. The van der Waals surface area contributed by atoms with Crippen molar-refractivity contribution in [2.75, 3.05) is 71.4 Å². The Labute approximate surface area is 310 Å². The second-order valence-electron chi connectivity index (χ2n) is 13.6. The second-order valence-corrected chi connectivity index (χ2v) is 13.6. The van der Waals surface area contributed by atoms with Crippen molar-refractivity contribution in [3.05, 3.63) is 125 Å². The maximum Gasteiger partial charge on any atom is 0.221 e. The Morgan fingerprint density at radius 1 is 1.06 bits per heavy atom. The number of aliphatic imine (C=N–C) groups is 1. The van der Waals surface area contributed by atoms with Gasteiger partial charge in [-0.3, -0.25) is 9.79 Å². The minimum absolute atomic E-state index is 0.110. The first-order chi connectivity index (χ1) is 25.4. The van der Waals surface area contributed by atoms with Crippen molar-refractivity contribution in [1.29, 1.82) is 0 Å². The summed E-state index contributed by atoms with van der Waals surface area (Å²) in [5.74, 6) is 0.900. The van der Waals surface area contributed by atoms with Crippen molar-refractivity contribution in [2.24, 2.45) is 4.99 Å². The predicted octanol–water partition coefficient (Wildman–Crippen LogP) is 6.53. The summed E-state index contributed by atoms with van der Waals surface area (Å²) in [6.07, 6.45) is 19.7. The van der Waals surface area contributed by atoms with Gasteiger partial charge in [-0.05, 0) is 93.2 Å². The molecule has 0 fully saturated rings. The Balaban J connectivity index is 1.12. The maximum atomic E-state index is 12.4. The number of aliphatic hydroxyl groups is 1. The number of amides is 1. The largest absolute Gasteiger partial charge is 0.490 e. The molecular formula is C44H55N5O3. The quantitative estimate of drug-likeness (QED) is 0.131. The van der Waals surface area contributed by atoms with Crippen molar-refractivity contribution in [1.82, 2.24) is 15.5 Å². The zero-order valence-electron chi connectivity index (χ0n) is 31.1. The van der Waals surface area contributed by atoms with Crippen LogP contribution < -0.4 is 20.3 Å². The third-order valence-corrected chi connectivity index (χ3v) is 9.18. The van der Waals surface area contributed by atoms with Crippen LogP contribution in [0.15, 0.2) is 119 Å². The summed E-state index contributed by atoms with van der Waals surface area (Å²) < 4.78 is 5.94. The summed E-state index contributed by atoms with van der Waals surface area (Å²) in [6.45, 7) is 7.39. The minimum atomic E-state index is -0.605. The zero-order chi connectivity index (χ0) is 36.5. The number of carbonyl (C=O) groups excluding carboxylic acids is 1. The van der Waals surface area contributed by atoms with Gasteiger partial charge in [-0.2, -0.15) is 0 Å². The van der Waals surface area contributed by atoms with Gasteiger partial charge >= 0.3 is 0 Å². The number of allylic oxidation sites excluding steroid dienone is 9. The number of aryl methyl sites for hydroxylation is 1. The molecule has 3 N–H and O–H groups in total. The molecule has 1 aliphatic heterocycles. The van der Waals surface area contributed by atoms with E-state index >= 15 is 0 Å². The molecule has 2 aliphatic rings. The molecule has 0 saturated heterocycles. The fourth-order valence-corrected chi connectivity index (χ4v) is 6.47. The number of anilines is 1. The Bertz CT molecular complexity index is 1810. The van der Waals surface area contributed by atoms with Crippen LogP contribution in [0.3, 0.4) is 0 Å². The minimum Gasteiger partial charge on any atom is -0.490 e. The van der Waals surface area contributed by atoms with E-state index in [1.54, 1.807) is 0 Å². The lowest BCUT2D eigenvalue weighted by Crippen LogP contribution is -2.36. The third kappa shape index (κ3) is 11.6. The molecule has 1 heterocycles. The Hall–Kier alpha value is -4.76. The molecular weight excluding hydrogens is 647 g/mol. The van der Waals surface area contributed by atoms with Crippen LogP contribution in [-0.4, -0.2) is 94.2 Å². The second kappa shape index (κ2) is 20.3. The Morgan fingerprint density at radius 3 is 2.77 bits per heavy atom. The molecule has 0 aromatic heterocycles. The fourth-order valence-electron chi connectivity index (χ4n) is 6.47. The first-order valence-corrected chi connectivity index (χ1v) is 18.6. The van der Waals surface area contributed by atoms with Gasteiger partial charge in [0.25, 0.3) is 0 Å². The summed E-state index contributed by atoms with van der Waals surface area (Å²) in [5.41, 5.74) is 6.91.